The zero-order chi connectivity index (χ0) is 17.8. The molecule has 0 fully saturated rings. The molecule has 3 rings (SSSR count). The Labute approximate surface area is 143 Å². The second-order valence-electron chi connectivity index (χ2n) is 4.60. The van der Waals surface area contributed by atoms with E-state index in [0.717, 1.165) is 6.42 Å². The van der Waals surface area contributed by atoms with Crippen molar-refractivity contribution >= 4 is 27.6 Å². The molecular formula is C23H34. The minimum absolute atomic E-state index is 1.08. The molecule has 0 heterocycles. The summed E-state index contributed by atoms with van der Waals surface area (Å²) in [5.41, 5.74) is 1.37. The SMILES string of the molecule is CC.CC.CC.CC/C=c1/ccc2cccc3ccc(C)c1c32. The molecule has 3 aromatic carbocycles. The maximum atomic E-state index is 2.31. The van der Waals surface area contributed by atoms with Crippen molar-refractivity contribution in [2.75, 3.05) is 0 Å². The van der Waals surface area contributed by atoms with Gasteiger partial charge in [0.1, 0.15) is 0 Å². The van der Waals surface area contributed by atoms with Gasteiger partial charge in [-0.3, -0.25) is 0 Å². The van der Waals surface area contributed by atoms with Crippen LogP contribution in [0.15, 0.2) is 42.5 Å². The highest BCUT2D eigenvalue weighted by Gasteiger charge is 2.04. The van der Waals surface area contributed by atoms with Crippen LogP contribution in [0.5, 0.6) is 0 Å². The Bertz CT molecular complexity index is 720. The molecule has 0 aliphatic carbocycles. The van der Waals surface area contributed by atoms with Crippen LogP contribution in [0.25, 0.3) is 27.6 Å². The fourth-order valence-corrected chi connectivity index (χ4v) is 2.68. The van der Waals surface area contributed by atoms with Gasteiger partial charge in [0.05, 0.1) is 0 Å². The molecule has 23 heavy (non-hydrogen) atoms. The molecule has 0 heteroatoms. The summed E-state index contributed by atoms with van der Waals surface area (Å²) >= 11 is 0. The van der Waals surface area contributed by atoms with Crippen LogP contribution in [0, 0.1) is 6.92 Å². The van der Waals surface area contributed by atoms with E-state index >= 15 is 0 Å². The minimum Gasteiger partial charge on any atom is -0.0769 e. The van der Waals surface area contributed by atoms with Crippen molar-refractivity contribution < 1.29 is 0 Å². The summed E-state index contributed by atoms with van der Waals surface area (Å²) in [4.78, 5) is 0. The second-order valence-corrected chi connectivity index (χ2v) is 4.60. The number of hydrogen-bond acceptors (Lipinski definition) is 0. The highest BCUT2D eigenvalue weighted by Crippen LogP contribution is 2.26. The predicted octanol–water partition coefficient (Wildman–Crippen LogP) is 7.29. The molecule has 0 aliphatic rings. The average molecular weight is 311 g/mol. The van der Waals surface area contributed by atoms with E-state index in [4.69, 9.17) is 0 Å². The topological polar surface area (TPSA) is 0 Å². The molecule has 0 aromatic heterocycles. The third-order valence-corrected chi connectivity index (χ3v) is 3.44. The number of hydrogen-bond donors (Lipinski definition) is 0. The summed E-state index contributed by atoms with van der Waals surface area (Å²) in [5, 5.41) is 6.88. The van der Waals surface area contributed by atoms with E-state index in [1.54, 1.807) is 0 Å². The largest absolute Gasteiger partial charge is 0.0769 e. The van der Waals surface area contributed by atoms with E-state index in [2.05, 4.69) is 62.4 Å². The monoisotopic (exact) mass is 310 g/mol. The Morgan fingerprint density at radius 1 is 0.696 bits per heavy atom. The van der Waals surface area contributed by atoms with Crippen LogP contribution in [0.3, 0.4) is 0 Å². The van der Waals surface area contributed by atoms with Crippen LogP contribution < -0.4 is 5.22 Å². The van der Waals surface area contributed by atoms with Crippen LogP contribution in [-0.4, -0.2) is 0 Å². The second kappa shape index (κ2) is 11.7. The van der Waals surface area contributed by atoms with Gasteiger partial charge in [-0.2, -0.15) is 0 Å². The first kappa shape index (κ1) is 21.2. The first-order valence-electron chi connectivity index (χ1n) is 9.22. The molecule has 126 valence electrons. The highest BCUT2D eigenvalue weighted by atomic mass is 14.1. The minimum atomic E-state index is 1.08. The lowest BCUT2D eigenvalue weighted by Crippen LogP contribution is -2.03. The van der Waals surface area contributed by atoms with Crippen molar-refractivity contribution in [3.05, 3.63) is 53.2 Å². The summed E-state index contributed by atoms with van der Waals surface area (Å²) in [6.07, 6.45) is 3.39. The summed E-state index contributed by atoms with van der Waals surface area (Å²) in [6.45, 7) is 16.4. The van der Waals surface area contributed by atoms with Crippen LogP contribution in [0.1, 0.15) is 60.5 Å². The van der Waals surface area contributed by atoms with Gasteiger partial charge in [0.2, 0.25) is 0 Å². The summed E-state index contributed by atoms with van der Waals surface area (Å²) in [5.74, 6) is 0. The van der Waals surface area contributed by atoms with Crippen molar-refractivity contribution in [1.29, 1.82) is 0 Å². The predicted molar refractivity (Wildman–Crippen MR) is 110 cm³/mol. The molecule has 0 radical (unpaired) electrons. The summed E-state index contributed by atoms with van der Waals surface area (Å²) in [6, 6.07) is 15.5. The standard InChI is InChI=1S/C17H16.3C2H6/c1-3-5-13-10-11-15-7-4-6-14-9-8-12(2)16(13)17(14)15;3*1-2/h4-11H,3H2,1-2H3;3*1-2H3/b13-5-;;;. The third kappa shape index (κ3) is 4.82. The lowest BCUT2D eigenvalue weighted by atomic mass is 9.95. The lowest BCUT2D eigenvalue weighted by molar-refractivity contribution is 1.29. The Morgan fingerprint density at radius 3 is 1.74 bits per heavy atom. The van der Waals surface area contributed by atoms with Gasteiger partial charge in [0.15, 0.2) is 0 Å². The number of rotatable bonds is 1. The molecule has 0 atom stereocenters. The maximum Gasteiger partial charge on any atom is -0.00303 e. The normalized spacial score (nSPS) is 10.2. The van der Waals surface area contributed by atoms with E-state index in [1.807, 2.05) is 41.5 Å². The van der Waals surface area contributed by atoms with E-state index in [0.29, 0.717) is 0 Å². The van der Waals surface area contributed by atoms with Gasteiger partial charge in [0, 0.05) is 0 Å². The molecule has 0 aliphatic heterocycles. The van der Waals surface area contributed by atoms with E-state index in [9.17, 15) is 0 Å². The zero-order valence-electron chi connectivity index (χ0n) is 16.3. The first-order chi connectivity index (χ1) is 11.3. The first-order valence-corrected chi connectivity index (χ1v) is 9.22. The van der Waals surface area contributed by atoms with Gasteiger partial charge in [0.25, 0.3) is 0 Å². The van der Waals surface area contributed by atoms with E-state index in [1.165, 1.54) is 32.3 Å². The van der Waals surface area contributed by atoms with E-state index in [-0.39, 0.29) is 0 Å². The Hall–Kier alpha value is -1.82. The lowest BCUT2D eigenvalue weighted by Gasteiger charge is -2.08. The van der Waals surface area contributed by atoms with Crippen LogP contribution in [0.4, 0.5) is 0 Å². The Balaban J connectivity index is 0.000000728. The Kier molecular flexibility index (Phi) is 10.8. The van der Waals surface area contributed by atoms with E-state index < -0.39 is 0 Å². The van der Waals surface area contributed by atoms with Crippen LogP contribution in [0.2, 0.25) is 0 Å². The number of aryl methyl sites for hydroxylation is 1. The Morgan fingerprint density at radius 2 is 1.22 bits per heavy atom. The van der Waals surface area contributed by atoms with Gasteiger partial charge in [-0.15, -0.1) is 0 Å². The third-order valence-electron chi connectivity index (χ3n) is 3.44. The number of benzene rings is 3. The fourth-order valence-electron chi connectivity index (χ4n) is 2.68. The fraction of sp³-hybridized carbons (Fsp3) is 0.391. The molecule has 3 aromatic rings. The summed E-state index contributed by atoms with van der Waals surface area (Å²) in [7, 11) is 0. The molecule has 0 spiro atoms. The quantitative estimate of drug-likeness (QED) is 0.442. The molecule has 0 unspecified atom stereocenters. The molecule has 0 N–H and O–H groups in total. The molecule has 0 nitrogen and oxygen atoms in total. The van der Waals surface area contributed by atoms with Crippen LogP contribution >= 0.6 is 0 Å². The van der Waals surface area contributed by atoms with Crippen molar-refractivity contribution in [3.8, 4) is 0 Å². The van der Waals surface area contributed by atoms with Gasteiger partial charge < -0.3 is 0 Å². The molecule has 0 saturated carbocycles. The molecular weight excluding hydrogens is 276 g/mol. The van der Waals surface area contributed by atoms with Crippen molar-refractivity contribution in [3.63, 3.8) is 0 Å². The van der Waals surface area contributed by atoms with Gasteiger partial charge in [-0.1, -0.05) is 97.0 Å². The van der Waals surface area contributed by atoms with Gasteiger partial charge >= 0.3 is 0 Å². The molecule has 0 saturated heterocycles. The zero-order valence-corrected chi connectivity index (χ0v) is 16.3. The summed E-state index contributed by atoms with van der Waals surface area (Å²) < 4.78 is 0. The van der Waals surface area contributed by atoms with Crippen molar-refractivity contribution in [1.82, 2.24) is 0 Å². The van der Waals surface area contributed by atoms with Crippen molar-refractivity contribution in [2.45, 2.75) is 61.8 Å². The maximum absolute atomic E-state index is 2.31. The molecule has 0 amide bonds. The van der Waals surface area contributed by atoms with Crippen LogP contribution in [-0.2, 0) is 0 Å². The average Bonchev–Trinajstić information content (AvgIpc) is 2.64. The highest BCUT2D eigenvalue weighted by molar-refractivity contribution is 6.11. The van der Waals surface area contributed by atoms with Crippen molar-refractivity contribution in [2.24, 2.45) is 0 Å². The molecule has 0 bridgehead atoms. The van der Waals surface area contributed by atoms with Gasteiger partial charge in [-0.25, -0.2) is 0 Å². The van der Waals surface area contributed by atoms with Gasteiger partial charge in [-0.05, 0) is 45.7 Å². The smallest absolute Gasteiger partial charge is 0.00303 e.